The largest absolute Gasteiger partial charge is 0.495 e. The van der Waals surface area contributed by atoms with Crippen molar-refractivity contribution >= 4 is 17.2 Å². The van der Waals surface area contributed by atoms with Gasteiger partial charge < -0.3 is 15.8 Å². The Hall–Kier alpha value is -2.23. The number of nitrogen functional groups attached to an aromatic ring is 1. The third-order valence-electron chi connectivity index (χ3n) is 2.82. The topological polar surface area (TPSA) is 60.2 Å². The highest BCUT2D eigenvalue weighted by Crippen LogP contribution is 2.30. The molecule has 0 unspecified atom stereocenters. The Kier molecular flexibility index (Phi) is 3.37. The van der Waals surface area contributed by atoms with Gasteiger partial charge in [0, 0.05) is 6.20 Å². The Morgan fingerprint density at radius 3 is 2.72 bits per heavy atom. The van der Waals surface area contributed by atoms with E-state index in [4.69, 9.17) is 10.5 Å². The first kappa shape index (κ1) is 12.2. The lowest BCUT2D eigenvalue weighted by Crippen LogP contribution is -2.02. The Morgan fingerprint density at radius 2 is 2.00 bits per heavy atom. The standard InChI is InChI=1S/C14H17N3O/c1-9-4-5-12(18-3)11(8-9)17-14-13(15)10(2)6-7-16-14/h4-8H,15H2,1-3H3,(H,16,17). The molecule has 0 amide bonds. The van der Waals surface area contributed by atoms with Crippen LogP contribution in [-0.4, -0.2) is 12.1 Å². The number of nitrogens with zero attached hydrogens (tertiary/aromatic N) is 1. The summed E-state index contributed by atoms with van der Waals surface area (Å²) in [6.07, 6.45) is 1.73. The number of aromatic nitrogens is 1. The highest BCUT2D eigenvalue weighted by Gasteiger charge is 2.07. The minimum atomic E-state index is 0.652. The van der Waals surface area contributed by atoms with Gasteiger partial charge in [0.2, 0.25) is 0 Å². The Bertz CT molecular complexity index is 567. The van der Waals surface area contributed by atoms with E-state index in [1.165, 1.54) is 0 Å². The number of benzene rings is 1. The number of ether oxygens (including phenoxy) is 1. The van der Waals surface area contributed by atoms with Crippen molar-refractivity contribution in [3.8, 4) is 5.75 Å². The fraction of sp³-hybridized carbons (Fsp3) is 0.214. The zero-order chi connectivity index (χ0) is 13.1. The quantitative estimate of drug-likeness (QED) is 0.869. The minimum Gasteiger partial charge on any atom is -0.495 e. The first-order valence-corrected chi connectivity index (χ1v) is 5.74. The molecule has 4 nitrogen and oxygen atoms in total. The van der Waals surface area contributed by atoms with Crippen LogP contribution in [0.15, 0.2) is 30.5 Å². The number of nitrogens with two attached hydrogens (primary N) is 1. The van der Waals surface area contributed by atoms with Crippen LogP contribution in [0.2, 0.25) is 0 Å². The lowest BCUT2D eigenvalue weighted by molar-refractivity contribution is 0.416. The zero-order valence-corrected chi connectivity index (χ0v) is 10.8. The fourth-order valence-corrected chi connectivity index (χ4v) is 1.72. The fourth-order valence-electron chi connectivity index (χ4n) is 1.72. The van der Waals surface area contributed by atoms with E-state index in [2.05, 4.69) is 10.3 Å². The average Bonchev–Trinajstić information content (AvgIpc) is 2.35. The molecule has 4 heteroatoms. The lowest BCUT2D eigenvalue weighted by Gasteiger charge is -2.13. The average molecular weight is 243 g/mol. The summed E-state index contributed by atoms with van der Waals surface area (Å²) in [7, 11) is 1.64. The second kappa shape index (κ2) is 4.96. The summed E-state index contributed by atoms with van der Waals surface area (Å²) in [5.74, 6) is 1.42. The molecule has 0 saturated carbocycles. The Morgan fingerprint density at radius 1 is 1.22 bits per heavy atom. The second-order valence-electron chi connectivity index (χ2n) is 4.22. The summed E-state index contributed by atoms with van der Waals surface area (Å²) in [6, 6.07) is 7.80. The number of anilines is 3. The highest BCUT2D eigenvalue weighted by atomic mass is 16.5. The monoisotopic (exact) mass is 243 g/mol. The second-order valence-corrected chi connectivity index (χ2v) is 4.22. The van der Waals surface area contributed by atoms with Gasteiger partial charge >= 0.3 is 0 Å². The van der Waals surface area contributed by atoms with E-state index in [9.17, 15) is 0 Å². The van der Waals surface area contributed by atoms with Crippen LogP contribution in [0.25, 0.3) is 0 Å². The number of nitrogens with one attached hydrogen (secondary N) is 1. The lowest BCUT2D eigenvalue weighted by atomic mass is 10.2. The first-order chi connectivity index (χ1) is 8.61. The van der Waals surface area contributed by atoms with Gasteiger partial charge in [-0.25, -0.2) is 4.98 Å². The molecule has 18 heavy (non-hydrogen) atoms. The molecule has 0 atom stereocenters. The number of aryl methyl sites for hydroxylation is 2. The third kappa shape index (κ3) is 2.37. The van der Waals surface area contributed by atoms with Gasteiger partial charge in [-0.05, 0) is 43.2 Å². The molecule has 0 aliphatic rings. The van der Waals surface area contributed by atoms with Crippen molar-refractivity contribution in [3.05, 3.63) is 41.6 Å². The van der Waals surface area contributed by atoms with Crippen LogP contribution in [0.5, 0.6) is 5.75 Å². The van der Waals surface area contributed by atoms with Gasteiger partial charge in [0.05, 0.1) is 18.5 Å². The van der Waals surface area contributed by atoms with E-state index in [0.29, 0.717) is 11.5 Å². The van der Waals surface area contributed by atoms with Crippen LogP contribution in [0.1, 0.15) is 11.1 Å². The normalized spacial score (nSPS) is 10.2. The van der Waals surface area contributed by atoms with Gasteiger partial charge in [-0.15, -0.1) is 0 Å². The summed E-state index contributed by atoms with van der Waals surface area (Å²) < 4.78 is 5.31. The van der Waals surface area contributed by atoms with Gasteiger partial charge in [0.25, 0.3) is 0 Å². The summed E-state index contributed by atoms with van der Waals surface area (Å²) in [4.78, 5) is 4.25. The molecule has 1 heterocycles. The Labute approximate surface area is 107 Å². The van der Waals surface area contributed by atoms with Crippen molar-refractivity contribution in [1.82, 2.24) is 4.98 Å². The van der Waals surface area contributed by atoms with Crippen molar-refractivity contribution < 1.29 is 4.74 Å². The number of rotatable bonds is 3. The molecule has 0 radical (unpaired) electrons. The smallest absolute Gasteiger partial charge is 0.153 e. The van der Waals surface area contributed by atoms with Gasteiger partial charge in [-0.3, -0.25) is 0 Å². The molecule has 0 aliphatic carbocycles. The molecule has 0 fully saturated rings. The molecular formula is C14H17N3O. The van der Waals surface area contributed by atoms with Crippen LogP contribution in [0.4, 0.5) is 17.2 Å². The van der Waals surface area contributed by atoms with E-state index in [1.807, 2.05) is 38.1 Å². The number of methoxy groups -OCH3 is 1. The van der Waals surface area contributed by atoms with Crippen LogP contribution >= 0.6 is 0 Å². The summed E-state index contributed by atoms with van der Waals surface area (Å²) in [5.41, 5.74) is 9.65. The maximum atomic E-state index is 5.99. The maximum Gasteiger partial charge on any atom is 0.153 e. The van der Waals surface area contributed by atoms with E-state index in [1.54, 1.807) is 13.3 Å². The molecule has 2 rings (SSSR count). The van der Waals surface area contributed by atoms with Crippen molar-refractivity contribution in [3.63, 3.8) is 0 Å². The number of hydrogen-bond acceptors (Lipinski definition) is 4. The molecule has 94 valence electrons. The molecule has 0 spiro atoms. The van der Waals surface area contributed by atoms with Crippen LogP contribution in [0.3, 0.4) is 0 Å². The summed E-state index contributed by atoms with van der Waals surface area (Å²) in [6.45, 7) is 3.98. The van der Waals surface area contributed by atoms with Gasteiger partial charge in [-0.2, -0.15) is 0 Å². The van der Waals surface area contributed by atoms with Gasteiger partial charge in [0.1, 0.15) is 5.75 Å². The molecule has 1 aromatic carbocycles. The minimum absolute atomic E-state index is 0.652. The van der Waals surface area contributed by atoms with Crippen molar-refractivity contribution in [2.45, 2.75) is 13.8 Å². The van der Waals surface area contributed by atoms with Crippen molar-refractivity contribution in [2.24, 2.45) is 0 Å². The van der Waals surface area contributed by atoms with E-state index >= 15 is 0 Å². The predicted molar refractivity (Wildman–Crippen MR) is 74.4 cm³/mol. The van der Waals surface area contributed by atoms with Crippen molar-refractivity contribution in [1.29, 1.82) is 0 Å². The SMILES string of the molecule is COc1ccc(C)cc1Nc1nccc(C)c1N. The predicted octanol–water partition coefficient (Wildman–Crippen LogP) is 3.03. The molecule has 1 aromatic heterocycles. The van der Waals surface area contributed by atoms with E-state index in [0.717, 1.165) is 22.6 Å². The zero-order valence-electron chi connectivity index (χ0n) is 10.8. The summed E-state index contributed by atoms with van der Waals surface area (Å²) in [5, 5.41) is 3.21. The number of hydrogen-bond donors (Lipinski definition) is 2. The van der Waals surface area contributed by atoms with Gasteiger partial charge in [-0.1, -0.05) is 6.07 Å². The third-order valence-corrected chi connectivity index (χ3v) is 2.82. The number of pyridine rings is 1. The van der Waals surface area contributed by atoms with Crippen LogP contribution in [0, 0.1) is 13.8 Å². The van der Waals surface area contributed by atoms with E-state index in [-0.39, 0.29) is 0 Å². The van der Waals surface area contributed by atoms with E-state index < -0.39 is 0 Å². The van der Waals surface area contributed by atoms with Crippen molar-refractivity contribution in [2.75, 3.05) is 18.2 Å². The summed E-state index contributed by atoms with van der Waals surface area (Å²) >= 11 is 0. The molecule has 0 aliphatic heterocycles. The van der Waals surface area contributed by atoms with Crippen LogP contribution < -0.4 is 15.8 Å². The molecular weight excluding hydrogens is 226 g/mol. The first-order valence-electron chi connectivity index (χ1n) is 5.74. The van der Waals surface area contributed by atoms with Crippen LogP contribution in [-0.2, 0) is 0 Å². The molecule has 0 saturated heterocycles. The molecule has 2 aromatic rings. The molecule has 0 bridgehead atoms. The highest BCUT2D eigenvalue weighted by molar-refractivity contribution is 5.74. The Balaban J connectivity index is 2.39. The maximum absolute atomic E-state index is 5.99. The van der Waals surface area contributed by atoms with Gasteiger partial charge in [0.15, 0.2) is 5.82 Å². The molecule has 3 N–H and O–H groups in total.